The van der Waals surface area contributed by atoms with Gasteiger partial charge in [-0.05, 0) is 43.7 Å². The summed E-state index contributed by atoms with van der Waals surface area (Å²) in [6.45, 7) is 2.66. The molecule has 2 fully saturated rings. The van der Waals surface area contributed by atoms with E-state index in [1.807, 2.05) is 12.1 Å². The molecule has 1 saturated heterocycles. The highest BCUT2D eigenvalue weighted by Gasteiger charge is 2.29. The first-order valence-corrected chi connectivity index (χ1v) is 10.6. The molecule has 4 heterocycles. The number of piperidine rings is 1. The Labute approximate surface area is 167 Å². The van der Waals surface area contributed by atoms with E-state index >= 15 is 0 Å². The first-order valence-electron chi connectivity index (χ1n) is 9.81. The zero-order valence-electron chi connectivity index (χ0n) is 15.6. The van der Waals surface area contributed by atoms with Gasteiger partial charge in [-0.3, -0.25) is 14.3 Å². The van der Waals surface area contributed by atoms with Crippen LogP contribution in [0.3, 0.4) is 0 Å². The van der Waals surface area contributed by atoms with Crippen LogP contribution in [0.5, 0.6) is 0 Å². The van der Waals surface area contributed by atoms with Crippen molar-refractivity contribution >= 4 is 16.5 Å². The van der Waals surface area contributed by atoms with E-state index in [1.54, 1.807) is 40.7 Å². The predicted octanol–water partition coefficient (Wildman–Crippen LogP) is 2.95. The number of anilines is 1. The van der Waals surface area contributed by atoms with Crippen LogP contribution < -0.4 is 10.5 Å². The minimum atomic E-state index is -0.00511. The molecule has 144 valence electrons. The molecule has 0 unspecified atom stereocenters. The van der Waals surface area contributed by atoms with Gasteiger partial charge in [0, 0.05) is 49.6 Å². The molecule has 0 spiro atoms. The third-order valence-electron chi connectivity index (χ3n) is 5.53. The summed E-state index contributed by atoms with van der Waals surface area (Å²) in [5.74, 6) is 1.15. The third kappa shape index (κ3) is 3.69. The lowest BCUT2D eigenvalue weighted by atomic mass is 9.97. The molecule has 28 heavy (non-hydrogen) atoms. The number of pyridine rings is 1. The normalized spacial score (nSPS) is 17.8. The number of aromatic nitrogens is 5. The molecular formula is C20H22N6OS. The van der Waals surface area contributed by atoms with Gasteiger partial charge in [0.25, 0.3) is 5.56 Å². The molecule has 0 bridgehead atoms. The van der Waals surface area contributed by atoms with Gasteiger partial charge in [-0.1, -0.05) is 11.3 Å². The zero-order valence-corrected chi connectivity index (χ0v) is 16.4. The van der Waals surface area contributed by atoms with Gasteiger partial charge in [0.1, 0.15) is 5.01 Å². The average Bonchev–Trinajstić information content (AvgIpc) is 3.47. The lowest BCUT2D eigenvalue weighted by Crippen LogP contribution is -2.36. The second-order valence-corrected chi connectivity index (χ2v) is 8.62. The van der Waals surface area contributed by atoms with E-state index in [0.29, 0.717) is 17.5 Å². The fraction of sp³-hybridized carbons (Fsp3) is 0.450. The van der Waals surface area contributed by atoms with E-state index in [0.717, 1.165) is 43.2 Å². The van der Waals surface area contributed by atoms with Gasteiger partial charge in [-0.2, -0.15) is 0 Å². The molecule has 1 saturated carbocycles. The lowest BCUT2D eigenvalue weighted by molar-refractivity contribution is 0.351. The van der Waals surface area contributed by atoms with Crippen LogP contribution in [-0.2, 0) is 6.54 Å². The van der Waals surface area contributed by atoms with Crippen LogP contribution in [0.4, 0.5) is 5.13 Å². The average molecular weight is 395 g/mol. The molecule has 0 radical (unpaired) electrons. The number of hydrogen-bond acceptors (Lipinski definition) is 7. The highest BCUT2D eigenvalue weighted by atomic mass is 32.1. The summed E-state index contributed by atoms with van der Waals surface area (Å²) in [5.41, 5.74) is 1.53. The summed E-state index contributed by atoms with van der Waals surface area (Å²) in [5, 5.41) is 11.0. The number of rotatable bonds is 5. The molecule has 2 aliphatic rings. The Morgan fingerprint density at radius 3 is 2.71 bits per heavy atom. The molecule has 0 N–H and O–H groups in total. The van der Waals surface area contributed by atoms with Gasteiger partial charge in [0.2, 0.25) is 5.13 Å². The molecular weight excluding hydrogens is 372 g/mol. The lowest BCUT2D eigenvalue weighted by Gasteiger charge is -2.31. The molecule has 3 aromatic rings. The van der Waals surface area contributed by atoms with Gasteiger partial charge < -0.3 is 4.90 Å². The maximum atomic E-state index is 12.5. The van der Waals surface area contributed by atoms with E-state index in [-0.39, 0.29) is 5.56 Å². The highest BCUT2D eigenvalue weighted by Crippen LogP contribution is 2.42. The monoisotopic (exact) mass is 394 g/mol. The Kier molecular flexibility index (Phi) is 4.64. The van der Waals surface area contributed by atoms with E-state index in [1.165, 1.54) is 17.8 Å². The molecule has 7 nitrogen and oxygen atoms in total. The van der Waals surface area contributed by atoms with Crippen LogP contribution in [0.15, 0.2) is 41.7 Å². The van der Waals surface area contributed by atoms with Crippen LogP contribution >= 0.6 is 11.3 Å². The smallest absolute Gasteiger partial charge is 0.253 e. The molecule has 1 aliphatic carbocycles. The topological polar surface area (TPSA) is 76.8 Å². The van der Waals surface area contributed by atoms with Crippen molar-refractivity contribution in [1.29, 1.82) is 0 Å². The Morgan fingerprint density at radius 1 is 1.14 bits per heavy atom. The summed E-state index contributed by atoms with van der Waals surface area (Å²) in [6, 6.07) is 5.37. The molecule has 0 amide bonds. The fourth-order valence-corrected chi connectivity index (χ4v) is 4.73. The maximum Gasteiger partial charge on any atom is 0.253 e. The molecule has 8 heteroatoms. The first-order chi connectivity index (χ1) is 13.8. The van der Waals surface area contributed by atoms with Gasteiger partial charge >= 0.3 is 0 Å². The van der Waals surface area contributed by atoms with Crippen molar-refractivity contribution in [3.63, 3.8) is 0 Å². The molecule has 3 aromatic heterocycles. The SMILES string of the molecule is O=c1cc(-c2cccnc2)ncn1CC1CCN(c2nnc(C3CC3)s2)CC1. The van der Waals surface area contributed by atoms with Crippen LogP contribution in [0.2, 0.25) is 0 Å². The Hall–Kier alpha value is -2.61. The van der Waals surface area contributed by atoms with Gasteiger partial charge in [-0.25, -0.2) is 4.98 Å². The quantitative estimate of drug-likeness (QED) is 0.662. The van der Waals surface area contributed by atoms with Crippen molar-refractivity contribution in [3.05, 3.63) is 52.3 Å². The highest BCUT2D eigenvalue weighted by molar-refractivity contribution is 7.15. The Balaban J connectivity index is 1.21. The van der Waals surface area contributed by atoms with Gasteiger partial charge in [0.05, 0.1) is 12.0 Å². The molecule has 1 aliphatic heterocycles. The number of hydrogen-bond donors (Lipinski definition) is 0. The number of nitrogens with zero attached hydrogens (tertiary/aromatic N) is 6. The van der Waals surface area contributed by atoms with Crippen molar-refractivity contribution in [1.82, 2.24) is 24.7 Å². The summed E-state index contributed by atoms with van der Waals surface area (Å²) in [4.78, 5) is 23.4. The Morgan fingerprint density at radius 2 is 2.00 bits per heavy atom. The molecule has 0 atom stereocenters. The fourth-order valence-electron chi connectivity index (χ4n) is 3.67. The summed E-state index contributed by atoms with van der Waals surface area (Å²) < 4.78 is 1.73. The maximum absolute atomic E-state index is 12.5. The van der Waals surface area contributed by atoms with Crippen molar-refractivity contribution in [2.75, 3.05) is 18.0 Å². The van der Waals surface area contributed by atoms with Crippen molar-refractivity contribution in [2.24, 2.45) is 5.92 Å². The second-order valence-electron chi connectivity index (χ2n) is 7.63. The summed E-state index contributed by atoms with van der Waals surface area (Å²) >= 11 is 1.75. The van der Waals surface area contributed by atoms with Crippen molar-refractivity contribution < 1.29 is 0 Å². The largest absolute Gasteiger partial charge is 0.347 e. The second kappa shape index (κ2) is 7.43. The van der Waals surface area contributed by atoms with Crippen LogP contribution in [-0.4, -0.2) is 37.8 Å². The van der Waals surface area contributed by atoms with E-state index in [2.05, 4.69) is 25.1 Å². The summed E-state index contributed by atoms with van der Waals surface area (Å²) in [6.07, 6.45) is 9.74. The summed E-state index contributed by atoms with van der Waals surface area (Å²) in [7, 11) is 0. The molecule has 0 aromatic carbocycles. The van der Waals surface area contributed by atoms with Crippen molar-refractivity contribution in [3.8, 4) is 11.3 Å². The molecule has 5 rings (SSSR count). The zero-order chi connectivity index (χ0) is 18.9. The minimum Gasteiger partial charge on any atom is -0.347 e. The van der Waals surface area contributed by atoms with Crippen LogP contribution in [0.1, 0.15) is 36.6 Å². The van der Waals surface area contributed by atoms with Gasteiger partial charge in [0.15, 0.2) is 0 Å². The third-order valence-corrected chi connectivity index (χ3v) is 6.68. The minimum absolute atomic E-state index is 0.00511. The van der Waals surface area contributed by atoms with E-state index in [4.69, 9.17) is 0 Å². The van der Waals surface area contributed by atoms with Crippen LogP contribution in [0, 0.1) is 5.92 Å². The van der Waals surface area contributed by atoms with E-state index in [9.17, 15) is 4.79 Å². The van der Waals surface area contributed by atoms with Crippen molar-refractivity contribution in [2.45, 2.75) is 38.1 Å². The first kappa shape index (κ1) is 17.5. The predicted molar refractivity (Wildman–Crippen MR) is 109 cm³/mol. The van der Waals surface area contributed by atoms with E-state index < -0.39 is 0 Å². The van der Waals surface area contributed by atoms with Crippen LogP contribution in [0.25, 0.3) is 11.3 Å². The van der Waals surface area contributed by atoms with Gasteiger partial charge in [-0.15, -0.1) is 10.2 Å². The Bertz CT molecular complexity index is 1000. The standard InChI is InChI=1S/C20H22N6OS/c27-18-10-17(16-2-1-7-21-11-16)22-13-26(18)12-14-5-8-25(9-6-14)20-24-23-19(28-20)15-3-4-15/h1-2,7,10-11,13-15H,3-6,8-9,12H2.